The Kier molecular flexibility index (Phi) is 3.57. The summed E-state index contributed by atoms with van der Waals surface area (Å²) in [6.07, 6.45) is 3.93. The molecule has 0 atom stereocenters. The van der Waals surface area contributed by atoms with Gasteiger partial charge in [0.1, 0.15) is 5.82 Å². The van der Waals surface area contributed by atoms with Gasteiger partial charge in [-0.15, -0.1) is 0 Å². The second-order valence-electron chi connectivity index (χ2n) is 4.76. The Balaban J connectivity index is 1.82. The van der Waals surface area contributed by atoms with Crippen LogP contribution in [0.2, 0.25) is 0 Å². The molecule has 0 saturated heterocycles. The maximum Gasteiger partial charge on any atom is 0.128 e. The summed E-state index contributed by atoms with van der Waals surface area (Å²) < 4.78 is 3.38. The number of anilines is 1. The van der Waals surface area contributed by atoms with Gasteiger partial charge in [0, 0.05) is 42.2 Å². The predicted octanol–water partition coefficient (Wildman–Crippen LogP) is 2.39. The molecule has 1 aliphatic rings. The minimum atomic E-state index is 0.880. The van der Waals surface area contributed by atoms with Crippen molar-refractivity contribution in [2.75, 3.05) is 18.5 Å². The Labute approximate surface area is 121 Å². The van der Waals surface area contributed by atoms with Gasteiger partial charge in [0.2, 0.25) is 0 Å². The summed E-state index contributed by atoms with van der Waals surface area (Å²) in [6, 6.07) is 6.57. The molecule has 3 rings (SSSR count). The first-order valence-electron chi connectivity index (χ1n) is 6.46. The number of nitrogens with zero attached hydrogens (tertiary/aromatic N) is 3. The van der Waals surface area contributed by atoms with Gasteiger partial charge < -0.3 is 14.8 Å². The van der Waals surface area contributed by atoms with E-state index in [1.165, 1.54) is 11.3 Å². The van der Waals surface area contributed by atoms with Crippen LogP contribution in [0, 0.1) is 0 Å². The van der Waals surface area contributed by atoms with Gasteiger partial charge in [-0.25, -0.2) is 4.98 Å². The molecule has 19 heavy (non-hydrogen) atoms. The molecule has 0 aliphatic carbocycles. The van der Waals surface area contributed by atoms with Crippen LogP contribution in [0.5, 0.6) is 0 Å². The molecule has 0 radical (unpaired) electrons. The fourth-order valence-electron chi connectivity index (χ4n) is 2.46. The SMILES string of the molecule is CNCc1ccc(N2CCn3ccnc3C2)cc1Br. The van der Waals surface area contributed by atoms with Gasteiger partial charge in [-0.3, -0.25) is 0 Å². The molecule has 4 nitrogen and oxygen atoms in total. The van der Waals surface area contributed by atoms with Crippen LogP contribution in [0.1, 0.15) is 11.4 Å². The molecule has 0 fully saturated rings. The lowest BCUT2D eigenvalue weighted by Crippen LogP contribution is -2.33. The Morgan fingerprint density at radius 2 is 2.26 bits per heavy atom. The summed E-state index contributed by atoms with van der Waals surface area (Å²) in [7, 11) is 1.96. The van der Waals surface area contributed by atoms with Crippen molar-refractivity contribution in [3.63, 3.8) is 0 Å². The van der Waals surface area contributed by atoms with Crippen molar-refractivity contribution in [1.29, 1.82) is 0 Å². The van der Waals surface area contributed by atoms with Crippen LogP contribution in [0.15, 0.2) is 35.1 Å². The van der Waals surface area contributed by atoms with Crippen molar-refractivity contribution >= 4 is 21.6 Å². The van der Waals surface area contributed by atoms with Gasteiger partial charge in [-0.1, -0.05) is 22.0 Å². The first kappa shape index (κ1) is 12.7. The van der Waals surface area contributed by atoms with Crippen LogP contribution < -0.4 is 10.2 Å². The van der Waals surface area contributed by atoms with Crippen LogP contribution in [-0.4, -0.2) is 23.1 Å². The van der Waals surface area contributed by atoms with E-state index in [-0.39, 0.29) is 0 Å². The highest BCUT2D eigenvalue weighted by Crippen LogP contribution is 2.26. The van der Waals surface area contributed by atoms with Gasteiger partial charge in [0.15, 0.2) is 0 Å². The van der Waals surface area contributed by atoms with E-state index < -0.39 is 0 Å². The number of nitrogens with one attached hydrogen (secondary N) is 1. The summed E-state index contributed by atoms with van der Waals surface area (Å²) in [4.78, 5) is 6.77. The van der Waals surface area contributed by atoms with Gasteiger partial charge in [-0.2, -0.15) is 0 Å². The number of hydrogen-bond acceptors (Lipinski definition) is 3. The van der Waals surface area contributed by atoms with E-state index in [1.54, 1.807) is 0 Å². The lowest BCUT2D eigenvalue weighted by Gasteiger charge is -2.30. The Hall–Kier alpha value is -1.33. The quantitative estimate of drug-likeness (QED) is 0.942. The van der Waals surface area contributed by atoms with Crippen LogP contribution >= 0.6 is 15.9 Å². The Bertz CT molecular complexity index is 579. The average Bonchev–Trinajstić information content (AvgIpc) is 2.88. The molecule has 2 heterocycles. The molecule has 0 saturated carbocycles. The third-order valence-electron chi connectivity index (χ3n) is 3.51. The van der Waals surface area contributed by atoms with E-state index in [0.29, 0.717) is 0 Å². The number of rotatable bonds is 3. The third kappa shape index (κ3) is 2.53. The van der Waals surface area contributed by atoms with E-state index in [0.717, 1.165) is 36.5 Å². The second-order valence-corrected chi connectivity index (χ2v) is 5.62. The first-order valence-corrected chi connectivity index (χ1v) is 7.25. The zero-order valence-corrected chi connectivity index (χ0v) is 12.5. The summed E-state index contributed by atoms with van der Waals surface area (Å²) >= 11 is 3.65. The minimum absolute atomic E-state index is 0.880. The smallest absolute Gasteiger partial charge is 0.128 e. The normalized spacial score (nSPS) is 14.5. The van der Waals surface area contributed by atoms with E-state index in [1.807, 2.05) is 13.2 Å². The summed E-state index contributed by atoms with van der Waals surface area (Å²) in [5.41, 5.74) is 2.53. The molecule has 0 bridgehead atoms. The van der Waals surface area contributed by atoms with Gasteiger partial charge in [-0.05, 0) is 24.7 Å². The summed E-state index contributed by atoms with van der Waals surface area (Å²) in [5, 5.41) is 3.18. The zero-order valence-electron chi connectivity index (χ0n) is 10.9. The predicted molar refractivity (Wildman–Crippen MR) is 80.2 cm³/mol. The van der Waals surface area contributed by atoms with Crippen molar-refractivity contribution in [2.24, 2.45) is 0 Å². The zero-order chi connectivity index (χ0) is 13.2. The molecule has 0 unspecified atom stereocenters. The highest BCUT2D eigenvalue weighted by molar-refractivity contribution is 9.10. The molecular weight excluding hydrogens is 304 g/mol. The molecule has 1 aromatic heterocycles. The van der Waals surface area contributed by atoms with Gasteiger partial charge >= 0.3 is 0 Å². The Morgan fingerprint density at radius 1 is 1.37 bits per heavy atom. The highest BCUT2D eigenvalue weighted by Gasteiger charge is 2.17. The molecule has 100 valence electrons. The monoisotopic (exact) mass is 320 g/mol. The number of halogens is 1. The third-order valence-corrected chi connectivity index (χ3v) is 4.25. The standard InChI is InChI=1S/C14H17BrN4/c1-16-9-11-2-3-12(8-13(11)15)19-7-6-18-5-4-17-14(18)10-19/h2-5,8,16H,6-7,9-10H2,1H3. The molecule has 5 heteroatoms. The first-order chi connectivity index (χ1) is 9.28. The lowest BCUT2D eigenvalue weighted by molar-refractivity contribution is 0.560. The van der Waals surface area contributed by atoms with Crippen LogP contribution in [-0.2, 0) is 19.6 Å². The fraction of sp³-hybridized carbons (Fsp3) is 0.357. The fourth-order valence-corrected chi connectivity index (χ4v) is 2.97. The van der Waals surface area contributed by atoms with Crippen LogP contribution in [0.25, 0.3) is 0 Å². The second kappa shape index (κ2) is 5.35. The molecule has 0 spiro atoms. The topological polar surface area (TPSA) is 33.1 Å². The summed E-state index contributed by atoms with van der Waals surface area (Å²) in [6.45, 7) is 3.79. The molecular formula is C14H17BrN4. The number of hydrogen-bond donors (Lipinski definition) is 1. The van der Waals surface area contributed by atoms with Gasteiger partial charge in [0.25, 0.3) is 0 Å². The maximum atomic E-state index is 4.40. The maximum absolute atomic E-state index is 4.40. The molecule has 1 aromatic carbocycles. The van der Waals surface area contributed by atoms with Crippen molar-refractivity contribution in [2.45, 2.75) is 19.6 Å². The number of aromatic nitrogens is 2. The molecule has 1 N–H and O–H groups in total. The van der Waals surface area contributed by atoms with Crippen LogP contribution in [0.3, 0.4) is 0 Å². The Morgan fingerprint density at radius 3 is 3.05 bits per heavy atom. The number of imidazole rings is 1. The average molecular weight is 321 g/mol. The number of fused-ring (bicyclic) bond motifs is 1. The molecule has 0 amide bonds. The van der Waals surface area contributed by atoms with Crippen molar-refractivity contribution in [1.82, 2.24) is 14.9 Å². The minimum Gasteiger partial charge on any atom is -0.362 e. The van der Waals surface area contributed by atoms with Crippen molar-refractivity contribution in [3.05, 3.63) is 46.5 Å². The van der Waals surface area contributed by atoms with E-state index in [4.69, 9.17) is 0 Å². The largest absolute Gasteiger partial charge is 0.362 e. The van der Waals surface area contributed by atoms with E-state index in [2.05, 4.69) is 60.1 Å². The lowest BCUT2D eigenvalue weighted by atomic mass is 10.2. The highest BCUT2D eigenvalue weighted by atomic mass is 79.9. The van der Waals surface area contributed by atoms with Crippen LogP contribution in [0.4, 0.5) is 5.69 Å². The van der Waals surface area contributed by atoms with Crippen molar-refractivity contribution in [3.8, 4) is 0 Å². The van der Waals surface area contributed by atoms with Crippen molar-refractivity contribution < 1.29 is 0 Å². The molecule has 2 aromatic rings. The number of benzene rings is 1. The van der Waals surface area contributed by atoms with E-state index >= 15 is 0 Å². The van der Waals surface area contributed by atoms with E-state index in [9.17, 15) is 0 Å². The summed E-state index contributed by atoms with van der Waals surface area (Å²) in [5.74, 6) is 1.14. The van der Waals surface area contributed by atoms with Gasteiger partial charge in [0.05, 0.1) is 6.54 Å². The molecule has 1 aliphatic heterocycles.